The van der Waals surface area contributed by atoms with E-state index in [0.29, 0.717) is 12.2 Å². The highest BCUT2D eigenvalue weighted by molar-refractivity contribution is 9.11. The zero-order valence-electron chi connectivity index (χ0n) is 9.72. The minimum absolute atomic E-state index is 0.0503. The van der Waals surface area contributed by atoms with E-state index in [0.717, 1.165) is 8.95 Å². The van der Waals surface area contributed by atoms with Crippen LogP contribution in [0.15, 0.2) is 27.1 Å². The smallest absolute Gasteiger partial charge is 0.319 e. The zero-order valence-corrected chi connectivity index (χ0v) is 12.9. The lowest BCUT2D eigenvalue weighted by Gasteiger charge is -2.09. The molecule has 0 saturated heterocycles. The molecule has 0 bridgehead atoms. The molecule has 98 valence electrons. The molecule has 3 N–H and O–H groups in total. The highest BCUT2D eigenvalue weighted by atomic mass is 79.9. The average Bonchev–Trinajstić information content (AvgIpc) is 2.32. The summed E-state index contributed by atoms with van der Waals surface area (Å²) in [6.45, 7) is 2.31. The first-order chi connectivity index (χ1) is 8.52. The molecule has 5 nitrogen and oxygen atoms in total. The van der Waals surface area contributed by atoms with Gasteiger partial charge < -0.3 is 16.0 Å². The Balaban J connectivity index is 2.49. The summed E-state index contributed by atoms with van der Waals surface area (Å²) in [5.74, 6) is -0.221. The number of likely N-dealkylation sites (N-methyl/N-ethyl adjacent to an activating group) is 1. The fraction of sp³-hybridized carbons (Fsp3) is 0.273. The Labute approximate surface area is 122 Å². The number of carbonyl (C=O) groups excluding carboxylic acids is 2. The predicted molar refractivity (Wildman–Crippen MR) is 77.5 cm³/mol. The Hall–Kier alpha value is -1.08. The van der Waals surface area contributed by atoms with Gasteiger partial charge in [-0.15, -0.1) is 0 Å². The average molecular weight is 379 g/mol. The van der Waals surface area contributed by atoms with Gasteiger partial charge in [0.2, 0.25) is 5.91 Å². The molecule has 0 heterocycles. The molecule has 7 heteroatoms. The summed E-state index contributed by atoms with van der Waals surface area (Å²) in [4.78, 5) is 22.7. The monoisotopic (exact) mass is 377 g/mol. The van der Waals surface area contributed by atoms with Gasteiger partial charge in [-0.3, -0.25) is 4.79 Å². The van der Waals surface area contributed by atoms with Crippen molar-refractivity contribution < 1.29 is 9.59 Å². The second kappa shape index (κ2) is 7.38. The largest absolute Gasteiger partial charge is 0.355 e. The third kappa shape index (κ3) is 5.05. The van der Waals surface area contributed by atoms with Crippen molar-refractivity contribution in [1.29, 1.82) is 0 Å². The first-order valence-corrected chi connectivity index (χ1v) is 6.88. The van der Waals surface area contributed by atoms with E-state index in [-0.39, 0.29) is 12.5 Å². The highest BCUT2D eigenvalue weighted by Crippen LogP contribution is 2.25. The number of nitrogens with one attached hydrogen (secondary N) is 3. The number of anilines is 1. The Bertz CT molecular complexity index is 452. The third-order valence-corrected chi connectivity index (χ3v) is 3.14. The van der Waals surface area contributed by atoms with E-state index in [2.05, 4.69) is 47.8 Å². The lowest BCUT2D eigenvalue weighted by molar-refractivity contribution is -0.119. The van der Waals surface area contributed by atoms with Crippen LogP contribution in [0, 0.1) is 0 Å². The minimum atomic E-state index is -0.431. The van der Waals surface area contributed by atoms with Gasteiger partial charge in [0, 0.05) is 15.5 Å². The number of hydrogen-bond acceptors (Lipinski definition) is 2. The van der Waals surface area contributed by atoms with Crippen LogP contribution in [0.2, 0.25) is 0 Å². The maximum Gasteiger partial charge on any atom is 0.319 e. The van der Waals surface area contributed by atoms with Crippen LogP contribution in [0.1, 0.15) is 6.92 Å². The molecule has 1 rings (SSSR count). The molecule has 0 aliphatic heterocycles. The van der Waals surface area contributed by atoms with Gasteiger partial charge in [-0.05, 0) is 41.1 Å². The van der Waals surface area contributed by atoms with E-state index < -0.39 is 6.03 Å². The molecule has 1 aromatic carbocycles. The standard InChI is InChI=1S/C11H13Br2N3O2/c1-2-14-10(17)6-15-11(18)16-9-5-7(12)3-4-8(9)13/h3-5H,2,6H2,1H3,(H,14,17)(H2,15,16,18). The lowest BCUT2D eigenvalue weighted by Crippen LogP contribution is -2.38. The first-order valence-electron chi connectivity index (χ1n) is 5.29. The summed E-state index contributed by atoms with van der Waals surface area (Å²) in [6, 6.07) is 4.99. The molecule has 0 aromatic heterocycles. The molecule has 18 heavy (non-hydrogen) atoms. The van der Waals surface area contributed by atoms with Gasteiger partial charge >= 0.3 is 6.03 Å². The molecule has 0 aliphatic carbocycles. The predicted octanol–water partition coefficient (Wildman–Crippen LogP) is 2.47. The number of carbonyl (C=O) groups is 2. The van der Waals surface area contributed by atoms with E-state index in [1.165, 1.54) is 0 Å². The van der Waals surface area contributed by atoms with E-state index in [1.807, 2.05) is 19.1 Å². The van der Waals surface area contributed by atoms with Crippen LogP contribution in [0.25, 0.3) is 0 Å². The number of amides is 3. The van der Waals surface area contributed by atoms with Crippen molar-refractivity contribution in [3.8, 4) is 0 Å². The van der Waals surface area contributed by atoms with Gasteiger partial charge in [0.25, 0.3) is 0 Å². The Morgan fingerprint density at radius 3 is 2.61 bits per heavy atom. The van der Waals surface area contributed by atoms with Gasteiger partial charge in [-0.2, -0.15) is 0 Å². The summed E-state index contributed by atoms with van der Waals surface area (Å²) >= 11 is 6.63. The minimum Gasteiger partial charge on any atom is -0.355 e. The van der Waals surface area contributed by atoms with Crippen molar-refractivity contribution in [1.82, 2.24) is 10.6 Å². The second-order valence-corrected chi connectivity index (χ2v) is 5.16. The fourth-order valence-electron chi connectivity index (χ4n) is 1.18. The number of benzene rings is 1. The summed E-state index contributed by atoms with van der Waals surface area (Å²) in [6.07, 6.45) is 0. The maximum absolute atomic E-state index is 11.5. The van der Waals surface area contributed by atoms with Crippen LogP contribution >= 0.6 is 31.9 Å². The molecule has 1 aromatic rings. The van der Waals surface area contributed by atoms with Crippen LogP contribution in [0.3, 0.4) is 0 Å². The van der Waals surface area contributed by atoms with Crippen molar-refractivity contribution in [3.05, 3.63) is 27.1 Å². The summed E-state index contributed by atoms with van der Waals surface area (Å²) < 4.78 is 1.61. The van der Waals surface area contributed by atoms with Crippen LogP contribution in [-0.4, -0.2) is 25.0 Å². The fourth-order valence-corrected chi connectivity index (χ4v) is 1.89. The third-order valence-electron chi connectivity index (χ3n) is 1.96. The maximum atomic E-state index is 11.5. The van der Waals surface area contributed by atoms with Crippen molar-refractivity contribution in [2.45, 2.75) is 6.92 Å². The van der Waals surface area contributed by atoms with E-state index >= 15 is 0 Å². The normalized spacial score (nSPS) is 9.72. The van der Waals surface area contributed by atoms with Gasteiger partial charge in [0.05, 0.1) is 12.2 Å². The van der Waals surface area contributed by atoms with Crippen molar-refractivity contribution in [2.75, 3.05) is 18.4 Å². The summed E-state index contributed by atoms with van der Waals surface area (Å²) in [5.41, 5.74) is 0.623. The second-order valence-electron chi connectivity index (χ2n) is 3.39. The zero-order chi connectivity index (χ0) is 13.5. The SMILES string of the molecule is CCNC(=O)CNC(=O)Nc1cc(Br)ccc1Br. The Morgan fingerprint density at radius 2 is 1.94 bits per heavy atom. The van der Waals surface area contributed by atoms with Crippen LogP contribution in [-0.2, 0) is 4.79 Å². The molecule has 0 radical (unpaired) electrons. The summed E-state index contributed by atoms with van der Waals surface area (Å²) in [5, 5.41) is 7.69. The molecular weight excluding hydrogens is 366 g/mol. The molecule has 0 spiro atoms. The van der Waals surface area contributed by atoms with Gasteiger partial charge in [-0.1, -0.05) is 15.9 Å². The first kappa shape index (κ1) is 15.0. The lowest BCUT2D eigenvalue weighted by atomic mass is 10.3. The Morgan fingerprint density at radius 1 is 1.22 bits per heavy atom. The number of rotatable bonds is 4. The summed E-state index contributed by atoms with van der Waals surface area (Å²) in [7, 11) is 0. The van der Waals surface area contributed by atoms with Crippen LogP contribution in [0.5, 0.6) is 0 Å². The van der Waals surface area contributed by atoms with Gasteiger partial charge in [-0.25, -0.2) is 4.79 Å². The molecule has 0 unspecified atom stereocenters. The molecule has 0 atom stereocenters. The number of halogens is 2. The quantitative estimate of drug-likeness (QED) is 0.753. The topological polar surface area (TPSA) is 70.2 Å². The van der Waals surface area contributed by atoms with Crippen molar-refractivity contribution in [3.63, 3.8) is 0 Å². The van der Waals surface area contributed by atoms with Crippen LogP contribution in [0.4, 0.5) is 10.5 Å². The van der Waals surface area contributed by atoms with Crippen molar-refractivity contribution >= 4 is 49.5 Å². The molecule has 3 amide bonds. The molecule has 0 aliphatic rings. The molecular formula is C11H13Br2N3O2. The molecule has 0 fully saturated rings. The van der Waals surface area contributed by atoms with E-state index in [9.17, 15) is 9.59 Å². The van der Waals surface area contributed by atoms with Gasteiger partial charge in [0.1, 0.15) is 0 Å². The van der Waals surface area contributed by atoms with E-state index in [1.54, 1.807) is 6.07 Å². The number of hydrogen-bond donors (Lipinski definition) is 3. The Kier molecular flexibility index (Phi) is 6.14. The molecule has 0 saturated carbocycles. The van der Waals surface area contributed by atoms with Crippen LogP contribution < -0.4 is 16.0 Å². The van der Waals surface area contributed by atoms with Crippen molar-refractivity contribution in [2.24, 2.45) is 0 Å². The van der Waals surface area contributed by atoms with E-state index in [4.69, 9.17) is 0 Å². The van der Waals surface area contributed by atoms with Gasteiger partial charge in [0.15, 0.2) is 0 Å². The number of urea groups is 1. The highest BCUT2D eigenvalue weighted by Gasteiger charge is 2.07.